The lowest BCUT2D eigenvalue weighted by Gasteiger charge is -2.28. The maximum Gasteiger partial charge on any atom is 0.306 e. The molecular weight excluding hydrogens is 930 g/mol. The monoisotopic (exact) mass is 1050 g/mol. The number of nitrogens with zero attached hydrogens (tertiary/aromatic N) is 1. The maximum atomic E-state index is 12.8. The summed E-state index contributed by atoms with van der Waals surface area (Å²) in [5.41, 5.74) is 0. The highest BCUT2D eigenvalue weighted by Crippen LogP contribution is 2.38. The van der Waals surface area contributed by atoms with Crippen LogP contribution in [-0.2, 0) is 32.7 Å². The van der Waals surface area contributed by atoms with Gasteiger partial charge < -0.3 is 27.9 Å². The van der Waals surface area contributed by atoms with Crippen molar-refractivity contribution in [3.8, 4) is 0 Å². The lowest BCUT2D eigenvalue weighted by molar-refractivity contribution is -0.870. The Balaban J connectivity index is 4.02. The zero-order valence-electron chi connectivity index (χ0n) is 48.6. The Kier molecular flexibility index (Phi) is 53.2. The van der Waals surface area contributed by atoms with E-state index in [-0.39, 0.29) is 26.1 Å². The Hall–Kier alpha value is -2.03. The molecule has 0 fully saturated rings. The molecule has 0 saturated carbocycles. The van der Waals surface area contributed by atoms with Gasteiger partial charge in [-0.25, -0.2) is 0 Å². The highest BCUT2D eigenvalue weighted by molar-refractivity contribution is 7.45. The van der Waals surface area contributed by atoms with E-state index in [0.29, 0.717) is 23.9 Å². The highest BCUT2D eigenvalue weighted by Gasteiger charge is 2.22. The van der Waals surface area contributed by atoms with Crippen LogP contribution in [0.15, 0.2) is 48.6 Å². The Morgan fingerprint density at radius 2 is 0.740 bits per heavy atom. The molecular formula is C63H118NO8P. The number of rotatable bonds is 57. The summed E-state index contributed by atoms with van der Waals surface area (Å²) in [4.78, 5) is 37.8. The first-order chi connectivity index (χ1) is 35.5. The number of quaternary nitrogens is 1. The van der Waals surface area contributed by atoms with Gasteiger partial charge in [-0.1, -0.05) is 249 Å². The van der Waals surface area contributed by atoms with Gasteiger partial charge in [0.25, 0.3) is 7.82 Å². The van der Waals surface area contributed by atoms with Crippen LogP contribution in [0, 0.1) is 0 Å². The number of phosphoric acid groups is 1. The molecule has 0 rings (SSSR count). The van der Waals surface area contributed by atoms with E-state index in [0.717, 1.165) is 57.8 Å². The van der Waals surface area contributed by atoms with Crippen molar-refractivity contribution in [2.45, 2.75) is 296 Å². The number of phosphoric ester groups is 1. The Morgan fingerprint density at radius 3 is 1.10 bits per heavy atom. The van der Waals surface area contributed by atoms with Crippen molar-refractivity contribution >= 4 is 19.8 Å². The molecule has 428 valence electrons. The smallest absolute Gasteiger partial charge is 0.306 e. The first-order valence-electron chi connectivity index (χ1n) is 30.8. The molecule has 0 spiro atoms. The molecule has 0 aliphatic heterocycles. The van der Waals surface area contributed by atoms with Crippen molar-refractivity contribution in [2.24, 2.45) is 0 Å². The van der Waals surface area contributed by atoms with Crippen LogP contribution in [0.2, 0.25) is 0 Å². The van der Waals surface area contributed by atoms with Gasteiger partial charge in [0.15, 0.2) is 6.10 Å². The summed E-state index contributed by atoms with van der Waals surface area (Å²) < 4.78 is 34.2. The molecule has 0 heterocycles. The van der Waals surface area contributed by atoms with Crippen molar-refractivity contribution in [3.63, 3.8) is 0 Å². The second kappa shape index (κ2) is 54.7. The number of carbonyl (C=O) groups excluding carboxylic acids is 2. The van der Waals surface area contributed by atoms with E-state index in [2.05, 4.69) is 62.5 Å². The molecule has 0 aromatic carbocycles. The SMILES string of the molecule is CCCCCC/C=C\C/C=C\CCCCCCCC(=O)OCC(COP(=O)([O-])OCC[N+](C)(C)C)OC(=O)CCCCCCCCCCCCCCCCCCCCCCC/C=C\C/C=C\CCCCCCC. The third-order valence-electron chi connectivity index (χ3n) is 13.6. The third-order valence-corrected chi connectivity index (χ3v) is 14.5. The molecule has 0 amide bonds. The van der Waals surface area contributed by atoms with Crippen LogP contribution in [0.4, 0.5) is 0 Å². The second-order valence-corrected chi connectivity index (χ2v) is 23.5. The first-order valence-corrected chi connectivity index (χ1v) is 32.3. The molecule has 0 aromatic heterocycles. The van der Waals surface area contributed by atoms with Crippen LogP contribution < -0.4 is 4.89 Å². The average Bonchev–Trinajstić information content (AvgIpc) is 3.35. The van der Waals surface area contributed by atoms with Crippen LogP contribution in [0.3, 0.4) is 0 Å². The topological polar surface area (TPSA) is 111 Å². The quantitative estimate of drug-likeness (QED) is 0.0195. The molecule has 9 nitrogen and oxygen atoms in total. The van der Waals surface area contributed by atoms with Crippen molar-refractivity contribution in [2.75, 3.05) is 47.5 Å². The molecule has 0 bridgehead atoms. The Labute approximate surface area is 452 Å². The van der Waals surface area contributed by atoms with E-state index < -0.39 is 32.5 Å². The molecule has 2 atom stereocenters. The van der Waals surface area contributed by atoms with Crippen LogP contribution in [0.5, 0.6) is 0 Å². The van der Waals surface area contributed by atoms with Crippen molar-refractivity contribution in [1.82, 2.24) is 0 Å². The number of unbranched alkanes of at least 4 members (excludes halogenated alkanes) is 35. The molecule has 10 heteroatoms. The highest BCUT2D eigenvalue weighted by atomic mass is 31.2. The number of allylic oxidation sites excluding steroid dienone is 8. The fourth-order valence-corrected chi connectivity index (χ4v) is 9.51. The summed E-state index contributed by atoms with van der Waals surface area (Å²) in [6, 6.07) is 0. The molecule has 0 saturated heterocycles. The van der Waals surface area contributed by atoms with E-state index >= 15 is 0 Å². The van der Waals surface area contributed by atoms with Gasteiger partial charge in [-0.3, -0.25) is 14.2 Å². The van der Waals surface area contributed by atoms with Gasteiger partial charge in [0.2, 0.25) is 0 Å². The average molecular weight is 1050 g/mol. The van der Waals surface area contributed by atoms with Gasteiger partial charge in [-0.05, 0) is 77.0 Å². The number of ether oxygens (including phenoxy) is 2. The predicted octanol–water partition coefficient (Wildman–Crippen LogP) is 18.7. The summed E-state index contributed by atoms with van der Waals surface area (Å²) in [5.74, 6) is -0.839. The van der Waals surface area contributed by atoms with Gasteiger partial charge in [-0.15, -0.1) is 0 Å². The first kappa shape index (κ1) is 71.0. The summed E-state index contributed by atoms with van der Waals surface area (Å²) in [5, 5.41) is 0. The van der Waals surface area contributed by atoms with Gasteiger partial charge in [0, 0.05) is 12.8 Å². The minimum absolute atomic E-state index is 0.0324. The maximum absolute atomic E-state index is 12.8. The van der Waals surface area contributed by atoms with Crippen LogP contribution in [0.1, 0.15) is 290 Å². The summed E-state index contributed by atoms with van der Waals surface area (Å²) >= 11 is 0. The largest absolute Gasteiger partial charge is 0.756 e. The fourth-order valence-electron chi connectivity index (χ4n) is 8.78. The Morgan fingerprint density at radius 1 is 0.425 bits per heavy atom. The van der Waals surface area contributed by atoms with Gasteiger partial charge >= 0.3 is 11.9 Å². The lowest BCUT2D eigenvalue weighted by Crippen LogP contribution is -2.37. The predicted molar refractivity (Wildman–Crippen MR) is 310 cm³/mol. The summed E-state index contributed by atoms with van der Waals surface area (Å²) in [6.07, 6.45) is 68.9. The standard InChI is InChI=1S/C63H118NO8P/c1-6-8-10-12-14-16-18-20-22-24-25-26-27-28-29-30-31-32-33-34-35-36-37-38-39-40-42-44-46-48-50-52-54-56-63(66)72-61(60-71-73(67,68)70-58-57-64(3,4)5)59-69-62(65)55-53-51-49-47-45-43-41-23-21-19-17-15-13-11-9-7-2/h17-20,23-25,41,61H,6-16,21-22,26-40,42-60H2,1-5H3/b19-17-,20-18-,25-24-,41-23-. The number of carbonyl (C=O) groups is 2. The molecule has 2 unspecified atom stereocenters. The molecule has 0 aliphatic rings. The summed E-state index contributed by atoms with van der Waals surface area (Å²) in [7, 11) is 1.17. The van der Waals surface area contributed by atoms with Gasteiger partial charge in [-0.2, -0.15) is 0 Å². The zero-order chi connectivity index (χ0) is 53.5. The summed E-state index contributed by atoms with van der Waals surface area (Å²) in [6.45, 7) is 4.23. The van der Waals surface area contributed by atoms with E-state index in [1.54, 1.807) is 0 Å². The van der Waals surface area contributed by atoms with Gasteiger partial charge in [0.05, 0.1) is 27.7 Å². The van der Waals surface area contributed by atoms with Crippen molar-refractivity contribution in [1.29, 1.82) is 0 Å². The van der Waals surface area contributed by atoms with Crippen LogP contribution in [-0.4, -0.2) is 70.0 Å². The van der Waals surface area contributed by atoms with E-state index in [1.807, 2.05) is 21.1 Å². The number of hydrogen-bond acceptors (Lipinski definition) is 8. The van der Waals surface area contributed by atoms with Crippen molar-refractivity contribution in [3.05, 3.63) is 48.6 Å². The Bertz CT molecular complexity index is 1370. The minimum Gasteiger partial charge on any atom is -0.756 e. The number of hydrogen-bond donors (Lipinski definition) is 0. The van der Waals surface area contributed by atoms with E-state index in [4.69, 9.17) is 18.5 Å². The fraction of sp³-hybridized carbons (Fsp3) is 0.841. The van der Waals surface area contributed by atoms with Crippen LogP contribution in [0.25, 0.3) is 0 Å². The molecule has 0 radical (unpaired) electrons. The molecule has 0 aromatic rings. The number of esters is 2. The number of likely N-dealkylation sites (N-methyl/N-ethyl adjacent to an activating group) is 1. The normalized spacial score (nSPS) is 13.6. The zero-order valence-corrected chi connectivity index (χ0v) is 49.5. The second-order valence-electron chi connectivity index (χ2n) is 22.1. The van der Waals surface area contributed by atoms with E-state index in [1.165, 1.54) is 193 Å². The third kappa shape index (κ3) is 59.1. The van der Waals surface area contributed by atoms with Crippen molar-refractivity contribution < 1.29 is 42.1 Å². The molecule has 73 heavy (non-hydrogen) atoms. The van der Waals surface area contributed by atoms with Gasteiger partial charge in [0.1, 0.15) is 19.8 Å². The van der Waals surface area contributed by atoms with Crippen LogP contribution >= 0.6 is 7.82 Å². The van der Waals surface area contributed by atoms with E-state index in [9.17, 15) is 19.0 Å². The molecule has 0 N–H and O–H groups in total. The minimum atomic E-state index is -4.64. The lowest BCUT2D eigenvalue weighted by atomic mass is 10.0. The molecule has 0 aliphatic carbocycles.